The van der Waals surface area contributed by atoms with Gasteiger partial charge in [0, 0.05) is 30.8 Å². The normalized spacial score (nSPS) is 15.4. The number of hydrogen-bond donors (Lipinski definition) is 1. The van der Waals surface area contributed by atoms with Crippen molar-refractivity contribution in [3.8, 4) is 0 Å². The Balaban J connectivity index is 1.97. The molecule has 4 heteroatoms. The fourth-order valence-corrected chi connectivity index (χ4v) is 2.60. The van der Waals surface area contributed by atoms with Crippen LogP contribution in [0.15, 0.2) is 24.3 Å². The van der Waals surface area contributed by atoms with Crippen molar-refractivity contribution in [1.82, 2.24) is 4.90 Å². The lowest BCUT2D eigenvalue weighted by Crippen LogP contribution is -2.31. The molecule has 0 radical (unpaired) electrons. The first kappa shape index (κ1) is 15.5. The van der Waals surface area contributed by atoms with E-state index in [4.69, 9.17) is 0 Å². The molecule has 1 fully saturated rings. The Morgan fingerprint density at radius 1 is 1.05 bits per heavy atom. The molecule has 0 bridgehead atoms. The van der Waals surface area contributed by atoms with Gasteiger partial charge in [0.15, 0.2) is 0 Å². The number of likely N-dealkylation sites (tertiary alicyclic amines) is 1. The van der Waals surface area contributed by atoms with Crippen molar-refractivity contribution < 1.29 is 9.59 Å². The van der Waals surface area contributed by atoms with E-state index in [0.29, 0.717) is 12.0 Å². The second-order valence-electron chi connectivity index (χ2n) is 5.58. The molecule has 2 amide bonds. The minimum Gasteiger partial charge on any atom is -0.339 e. The van der Waals surface area contributed by atoms with Crippen molar-refractivity contribution >= 4 is 17.5 Å². The molecule has 4 nitrogen and oxygen atoms in total. The standard InChI is InChI=1S/C17H24N2O2/c1-2-7-16(20)18-15-10-8-14(9-11-15)17(21)19-12-5-3-4-6-13-19/h8-11H,2-7,12-13H2,1H3,(H,18,20). The quantitative estimate of drug-likeness (QED) is 0.922. The van der Waals surface area contributed by atoms with Crippen LogP contribution in [-0.4, -0.2) is 29.8 Å². The van der Waals surface area contributed by atoms with E-state index in [-0.39, 0.29) is 11.8 Å². The maximum atomic E-state index is 12.4. The third-order valence-electron chi connectivity index (χ3n) is 3.79. The highest BCUT2D eigenvalue weighted by Gasteiger charge is 2.17. The van der Waals surface area contributed by atoms with Crippen molar-refractivity contribution in [2.24, 2.45) is 0 Å². The zero-order valence-electron chi connectivity index (χ0n) is 12.7. The topological polar surface area (TPSA) is 49.4 Å². The molecule has 0 aliphatic carbocycles. The van der Waals surface area contributed by atoms with Gasteiger partial charge in [-0.3, -0.25) is 9.59 Å². The fraction of sp³-hybridized carbons (Fsp3) is 0.529. The number of carbonyl (C=O) groups is 2. The lowest BCUT2D eigenvalue weighted by molar-refractivity contribution is -0.116. The van der Waals surface area contributed by atoms with Crippen LogP contribution in [0.5, 0.6) is 0 Å². The Kier molecular flexibility index (Phi) is 5.78. The smallest absolute Gasteiger partial charge is 0.253 e. The highest BCUT2D eigenvalue weighted by molar-refractivity contribution is 5.95. The second kappa shape index (κ2) is 7.81. The minimum absolute atomic E-state index is 0.0177. The van der Waals surface area contributed by atoms with Crippen LogP contribution < -0.4 is 5.32 Å². The van der Waals surface area contributed by atoms with Crippen LogP contribution >= 0.6 is 0 Å². The molecule has 1 aromatic rings. The van der Waals surface area contributed by atoms with Gasteiger partial charge in [-0.05, 0) is 43.5 Å². The zero-order valence-corrected chi connectivity index (χ0v) is 12.7. The number of hydrogen-bond acceptors (Lipinski definition) is 2. The third kappa shape index (κ3) is 4.59. The maximum Gasteiger partial charge on any atom is 0.253 e. The zero-order chi connectivity index (χ0) is 15.1. The number of nitrogens with one attached hydrogen (secondary N) is 1. The summed E-state index contributed by atoms with van der Waals surface area (Å²) in [7, 11) is 0. The van der Waals surface area contributed by atoms with Crippen LogP contribution in [0.1, 0.15) is 55.8 Å². The SMILES string of the molecule is CCCC(=O)Nc1ccc(C(=O)N2CCCCCC2)cc1. The summed E-state index contributed by atoms with van der Waals surface area (Å²) >= 11 is 0. The fourth-order valence-electron chi connectivity index (χ4n) is 2.60. The number of rotatable bonds is 4. The van der Waals surface area contributed by atoms with Gasteiger partial charge in [0.05, 0.1) is 0 Å². The van der Waals surface area contributed by atoms with E-state index in [1.807, 2.05) is 11.8 Å². The Bertz CT molecular complexity index is 474. The first-order valence-electron chi connectivity index (χ1n) is 7.90. The molecule has 1 saturated heterocycles. The summed E-state index contributed by atoms with van der Waals surface area (Å²) < 4.78 is 0. The Morgan fingerprint density at radius 2 is 1.67 bits per heavy atom. The molecule has 0 saturated carbocycles. The van der Waals surface area contributed by atoms with Crippen molar-refractivity contribution in [1.29, 1.82) is 0 Å². The molecule has 21 heavy (non-hydrogen) atoms. The van der Waals surface area contributed by atoms with Gasteiger partial charge in [0.25, 0.3) is 5.91 Å². The first-order valence-corrected chi connectivity index (χ1v) is 7.90. The van der Waals surface area contributed by atoms with E-state index >= 15 is 0 Å². The van der Waals surface area contributed by atoms with E-state index in [9.17, 15) is 9.59 Å². The summed E-state index contributed by atoms with van der Waals surface area (Å²) in [5.74, 6) is 0.118. The molecular formula is C17H24N2O2. The molecule has 1 aromatic carbocycles. The van der Waals surface area contributed by atoms with Gasteiger partial charge in [0.1, 0.15) is 0 Å². The predicted molar refractivity (Wildman–Crippen MR) is 84.4 cm³/mol. The van der Waals surface area contributed by atoms with Crippen LogP contribution in [0, 0.1) is 0 Å². The van der Waals surface area contributed by atoms with Crippen molar-refractivity contribution in [2.75, 3.05) is 18.4 Å². The van der Waals surface area contributed by atoms with Crippen LogP contribution in [-0.2, 0) is 4.79 Å². The molecule has 1 heterocycles. The Labute approximate surface area is 126 Å². The number of amides is 2. The monoisotopic (exact) mass is 288 g/mol. The lowest BCUT2D eigenvalue weighted by Gasteiger charge is -2.20. The van der Waals surface area contributed by atoms with Crippen LogP contribution in [0.2, 0.25) is 0 Å². The van der Waals surface area contributed by atoms with Gasteiger partial charge in [-0.25, -0.2) is 0 Å². The van der Waals surface area contributed by atoms with Crippen LogP contribution in [0.4, 0.5) is 5.69 Å². The van der Waals surface area contributed by atoms with Gasteiger partial charge in [-0.15, -0.1) is 0 Å². The first-order chi connectivity index (χ1) is 10.2. The summed E-state index contributed by atoms with van der Waals surface area (Å²) in [6, 6.07) is 7.21. The molecule has 1 N–H and O–H groups in total. The molecule has 1 aliphatic heterocycles. The average Bonchev–Trinajstić information content (AvgIpc) is 2.76. The Hall–Kier alpha value is -1.84. The molecule has 0 aromatic heterocycles. The predicted octanol–water partition coefficient (Wildman–Crippen LogP) is 3.44. The van der Waals surface area contributed by atoms with Gasteiger partial charge in [-0.2, -0.15) is 0 Å². The molecule has 2 rings (SSSR count). The Morgan fingerprint density at radius 3 is 2.24 bits per heavy atom. The molecule has 0 spiro atoms. The van der Waals surface area contributed by atoms with E-state index < -0.39 is 0 Å². The summed E-state index contributed by atoms with van der Waals surface area (Å²) in [5.41, 5.74) is 1.45. The summed E-state index contributed by atoms with van der Waals surface area (Å²) in [5, 5.41) is 2.83. The van der Waals surface area contributed by atoms with E-state index in [1.54, 1.807) is 24.3 Å². The highest BCUT2D eigenvalue weighted by Crippen LogP contribution is 2.15. The van der Waals surface area contributed by atoms with E-state index in [2.05, 4.69) is 5.32 Å². The minimum atomic E-state index is 0.0177. The number of benzene rings is 1. The largest absolute Gasteiger partial charge is 0.339 e. The number of nitrogens with zero attached hydrogens (tertiary/aromatic N) is 1. The molecule has 0 unspecified atom stereocenters. The summed E-state index contributed by atoms with van der Waals surface area (Å²) in [6.07, 6.45) is 5.97. The highest BCUT2D eigenvalue weighted by atomic mass is 16.2. The molecular weight excluding hydrogens is 264 g/mol. The molecule has 1 aliphatic rings. The van der Waals surface area contributed by atoms with Gasteiger partial charge in [-0.1, -0.05) is 19.8 Å². The molecule has 114 valence electrons. The second-order valence-corrected chi connectivity index (χ2v) is 5.58. The van der Waals surface area contributed by atoms with Crippen LogP contribution in [0.25, 0.3) is 0 Å². The van der Waals surface area contributed by atoms with E-state index in [1.165, 1.54) is 12.8 Å². The van der Waals surface area contributed by atoms with Gasteiger partial charge in [0.2, 0.25) is 5.91 Å². The lowest BCUT2D eigenvalue weighted by atomic mass is 10.1. The van der Waals surface area contributed by atoms with Gasteiger partial charge >= 0.3 is 0 Å². The maximum absolute atomic E-state index is 12.4. The van der Waals surface area contributed by atoms with E-state index in [0.717, 1.165) is 38.0 Å². The number of carbonyl (C=O) groups excluding carboxylic acids is 2. The van der Waals surface area contributed by atoms with Crippen molar-refractivity contribution in [3.63, 3.8) is 0 Å². The van der Waals surface area contributed by atoms with Gasteiger partial charge < -0.3 is 10.2 Å². The average molecular weight is 288 g/mol. The van der Waals surface area contributed by atoms with Crippen molar-refractivity contribution in [3.05, 3.63) is 29.8 Å². The summed E-state index contributed by atoms with van der Waals surface area (Å²) in [6.45, 7) is 3.68. The van der Waals surface area contributed by atoms with Crippen LogP contribution in [0.3, 0.4) is 0 Å². The molecule has 0 atom stereocenters. The van der Waals surface area contributed by atoms with Crippen molar-refractivity contribution in [2.45, 2.75) is 45.4 Å². The summed E-state index contributed by atoms with van der Waals surface area (Å²) in [4.78, 5) is 25.9. The number of anilines is 1. The third-order valence-corrected chi connectivity index (χ3v) is 3.79.